The number of anilines is 1. The van der Waals surface area contributed by atoms with Crippen LogP contribution in [-0.4, -0.2) is 48.4 Å². The molecule has 3 aromatic carbocycles. The molecule has 0 amide bonds. The lowest BCUT2D eigenvalue weighted by Crippen LogP contribution is -2.16. The minimum Gasteiger partial charge on any atom is -0.493 e. The molecule has 42 heavy (non-hydrogen) atoms. The van der Waals surface area contributed by atoms with E-state index >= 15 is 0 Å². The van der Waals surface area contributed by atoms with Crippen LogP contribution in [0.25, 0.3) is 11.8 Å². The number of hydrogen-bond donors (Lipinski definition) is 1. The van der Waals surface area contributed by atoms with E-state index in [1.165, 1.54) is 11.1 Å². The van der Waals surface area contributed by atoms with Gasteiger partial charge in [-0.2, -0.15) is 0 Å². The molecule has 0 bridgehead atoms. The zero-order valence-corrected chi connectivity index (χ0v) is 25.6. The van der Waals surface area contributed by atoms with Crippen LogP contribution in [0.15, 0.2) is 52.5 Å². The van der Waals surface area contributed by atoms with Crippen LogP contribution in [0.4, 0.5) is 11.4 Å². The lowest BCUT2D eigenvalue weighted by atomic mass is 9.84. The topological polar surface area (TPSA) is 79.8 Å². The molecule has 1 saturated carbocycles. The van der Waals surface area contributed by atoms with Gasteiger partial charge in [-0.1, -0.05) is 0 Å². The van der Waals surface area contributed by atoms with E-state index in [-0.39, 0.29) is 0 Å². The molecular formula is C34H38N2O6. The van der Waals surface area contributed by atoms with Gasteiger partial charge in [-0.15, -0.1) is 0 Å². The Morgan fingerprint density at radius 1 is 0.667 bits per heavy atom. The second-order valence-electron chi connectivity index (χ2n) is 10.3. The fourth-order valence-corrected chi connectivity index (χ4v) is 5.59. The highest BCUT2D eigenvalue weighted by Gasteiger charge is 2.28. The number of allylic oxidation sites excluding steroid dienone is 2. The maximum atomic E-state index is 5.71. The lowest BCUT2D eigenvalue weighted by Gasteiger charge is -2.24. The fraction of sp³-hybridized carbons (Fsp3) is 0.324. The maximum absolute atomic E-state index is 5.71. The number of aliphatic imine (C=N–C) groups is 1. The predicted octanol–water partition coefficient (Wildman–Crippen LogP) is 7.53. The summed E-state index contributed by atoms with van der Waals surface area (Å²) in [5, 5.41) is 3.75. The van der Waals surface area contributed by atoms with Gasteiger partial charge >= 0.3 is 0 Å². The summed E-state index contributed by atoms with van der Waals surface area (Å²) in [6.45, 7) is 4.23. The largest absolute Gasteiger partial charge is 0.493 e. The number of hydrogen-bond acceptors (Lipinski definition) is 8. The Hall–Kier alpha value is -4.59. The van der Waals surface area contributed by atoms with Crippen LogP contribution in [0.1, 0.15) is 41.5 Å². The molecule has 8 heteroatoms. The second kappa shape index (κ2) is 12.1. The van der Waals surface area contributed by atoms with E-state index in [0.717, 1.165) is 64.3 Å². The van der Waals surface area contributed by atoms with E-state index in [1.54, 1.807) is 42.7 Å². The first-order valence-electron chi connectivity index (χ1n) is 13.9. The van der Waals surface area contributed by atoms with Crippen LogP contribution in [0.3, 0.4) is 0 Å². The number of nitrogens with one attached hydrogen (secondary N) is 1. The van der Waals surface area contributed by atoms with Crippen molar-refractivity contribution < 1.29 is 28.4 Å². The molecule has 1 heterocycles. The first kappa shape index (κ1) is 28.9. The maximum Gasteiger partial charge on any atom is 0.203 e. The van der Waals surface area contributed by atoms with Crippen LogP contribution in [0.5, 0.6) is 34.5 Å². The second-order valence-corrected chi connectivity index (χ2v) is 10.3. The zero-order chi connectivity index (χ0) is 30.0. The molecule has 220 valence electrons. The van der Waals surface area contributed by atoms with Gasteiger partial charge in [0.1, 0.15) is 0 Å². The summed E-state index contributed by atoms with van der Waals surface area (Å²) in [5.41, 5.74) is 10.2. The molecule has 8 nitrogen and oxygen atoms in total. The Balaban J connectivity index is 1.75. The SMILES string of the molecule is COc1cc(/C=C2\CCCC3=C(c4cc(OC)c(OC)c(OC)c4)Nc4cc(C)c(C)cc4N=C32)cc(OC)c1OC. The number of nitrogens with zero attached hydrogens (tertiary/aromatic N) is 1. The third-order valence-corrected chi connectivity index (χ3v) is 7.85. The Bertz CT molecular complexity index is 1570. The monoisotopic (exact) mass is 570 g/mol. The van der Waals surface area contributed by atoms with E-state index in [2.05, 4.69) is 37.4 Å². The Labute approximate surface area is 247 Å². The van der Waals surface area contributed by atoms with Crippen molar-refractivity contribution in [3.63, 3.8) is 0 Å². The summed E-state index contributed by atoms with van der Waals surface area (Å²) in [6, 6.07) is 12.2. The van der Waals surface area contributed by atoms with Crippen LogP contribution >= 0.6 is 0 Å². The number of ether oxygens (including phenoxy) is 6. The molecule has 0 unspecified atom stereocenters. The third kappa shape index (κ3) is 5.24. The number of benzene rings is 3. The smallest absolute Gasteiger partial charge is 0.203 e. The molecule has 1 aliphatic carbocycles. The molecule has 5 rings (SSSR count). The number of methoxy groups -OCH3 is 6. The average Bonchev–Trinajstić information content (AvgIpc) is 3.17. The summed E-state index contributed by atoms with van der Waals surface area (Å²) in [6.07, 6.45) is 4.87. The average molecular weight is 571 g/mol. The van der Waals surface area contributed by atoms with Gasteiger partial charge in [0.25, 0.3) is 0 Å². The summed E-state index contributed by atoms with van der Waals surface area (Å²) in [4.78, 5) is 5.31. The molecule has 0 saturated heterocycles. The Kier molecular flexibility index (Phi) is 8.34. The molecular weight excluding hydrogens is 532 g/mol. The van der Waals surface area contributed by atoms with Gasteiger partial charge in [0, 0.05) is 11.1 Å². The van der Waals surface area contributed by atoms with E-state index < -0.39 is 0 Å². The molecule has 1 N–H and O–H groups in total. The van der Waals surface area contributed by atoms with Crippen LogP contribution in [-0.2, 0) is 0 Å². The number of aryl methyl sites for hydroxylation is 2. The molecule has 0 radical (unpaired) electrons. The minimum atomic E-state index is 0.551. The Morgan fingerprint density at radius 2 is 1.21 bits per heavy atom. The van der Waals surface area contributed by atoms with Crippen LogP contribution in [0, 0.1) is 13.8 Å². The van der Waals surface area contributed by atoms with Gasteiger partial charge in [-0.3, -0.25) is 0 Å². The third-order valence-electron chi connectivity index (χ3n) is 7.85. The van der Waals surface area contributed by atoms with Crippen LogP contribution in [0.2, 0.25) is 0 Å². The highest BCUT2D eigenvalue weighted by Crippen LogP contribution is 2.46. The molecule has 2 aliphatic rings. The highest BCUT2D eigenvalue weighted by atomic mass is 16.5. The number of rotatable bonds is 8. The van der Waals surface area contributed by atoms with Gasteiger partial charge in [0.15, 0.2) is 23.0 Å². The molecule has 0 spiro atoms. The molecule has 1 fully saturated rings. The molecule has 0 atom stereocenters. The molecule has 1 aliphatic heterocycles. The first-order valence-corrected chi connectivity index (χ1v) is 13.9. The van der Waals surface area contributed by atoms with Gasteiger partial charge in [0.05, 0.1) is 65.4 Å². The van der Waals surface area contributed by atoms with Crippen molar-refractivity contribution in [1.29, 1.82) is 0 Å². The lowest BCUT2D eigenvalue weighted by molar-refractivity contribution is 0.324. The standard InChI is InChI=1S/C34H38N2O6/c1-19-12-25-26(13-20(19)2)36-32(23-17-29(39-5)34(42-8)30(18-23)40-6)24-11-9-10-22(31(24)35-25)14-21-15-27(37-3)33(41-7)28(16-21)38-4/h12-18,36H,9-11H2,1-8H3/b22-14+. The Morgan fingerprint density at radius 3 is 1.76 bits per heavy atom. The van der Waals surface area contributed by atoms with Crippen molar-refractivity contribution in [3.05, 3.63) is 69.8 Å². The van der Waals surface area contributed by atoms with Gasteiger partial charge in [-0.25, -0.2) is 4.99 Å². The minimum absolute atomic E-state index is 0.551. The highest BCUT2D eigenvalue weighted by molar-refractivity contribution is 6.22. The predicted molar refractivity (Wildman–Crippen MR) is 168 cm³/mol. The fourth-order valence-electron chi connectivity index (χ4n) is 5.59. The van der Waals surface area contributed by atoms with Gasteiger partial charge < -0.3 is 33.7 Å². The van der Waals surface area contributed by atoms with Crippen molar-refractivity contribution in [2.75, 3.05) is 48.0 Å². The van der Waals surface area contributed by atoms with Gasteiger partial charge in [-0.05, 0) is 97.8 Å². The summed E-state index contributed by atoms with van der Waals surface area (Å²) in [7, 11) is 9.73. The summed E-state index contributed by atoms with van der Waals surface area (Å²) < 4.78 is 33.8. The van der Waals surface area contributed by atoms with Crippen molar-refractivity contribution in [1.82, 2.24) is 0 Å². The molecule has 0 aromatic heterocycles. The van der Waals surface area contributed by atoms with Gasteiger partial charge in [0.2, 0.25) is 11.5 Å². The van der Waals surface area contributed by atoms with E-state index in [0.29, 0.717) is 34.5 Å². The normalized spacial score (nSPS) is 15.1. The van der Waals surface area contributed by atoms with Crippen molar-refractivity contribution in [2.45, 2.75) is 33.1 Å². The quantitative estimate of drug-likeness (QED) is 0.300. The summed E-state index contributed by atoms with van der Waals surface area (Å²) in [5.74, 6) is 3.51. The van der Waals surface area contributed by atoms with E-state index in [1.807, 2.05) is 24.3 Å². The van der Waals surface area contributed by atoms with E-state index in [4.69, 9.17) is 33.4 Å². The van der Waals surface area contributed by atoms with Crippen LogP contribution < -0.4 is 33.7 Å². The van der Waals surface area contributed by atoms with Crippen molar-refractivity contribution in [2.24, 2.45) is 4.99 Å². The molecule has 3 aromatic rings. The first-order chi connectivity index (χ1) is 20.3. The van der Waals surface area contributed by atoms with Crippen molar-refractivity contribution >= 4 is 28.9 Å². The number of fused-ring (bicyclic) bond motifs is 2. The van der Waals surface area contributed by atoms with E-state index in [9.17, 15) is 0 Å². The van der Waals surface area contributed by atoms with Crippen molar-refractivity contribution in [3.8, 4) is 34.5 Å². The zero-order valence-electron chi connectivity index (χ0n) is 25.6. The summed E-state index contributed by atoms with van der Waals surface area (Å²) >= 11 is 0.